The van der Waals surface area contributed by atoms with Crippen molar-refractivity contribution in [1.29, 1.82) is 0 Å². The number of aliphatic imine (C=N–C) groups is 1. The molecule has 4 heterocycles. The third kappa shape index (κ3) is 15.7. The summed E-state index contributed by atoms with van der Waals surface area (Å²) in [5, 5.41) is 19.8. The van der Waals surface area contributed by atoms with E-state index in [1.54, 1.807) is 32.1 Å². The number of unbranched alkanes of at least 4 members (excludes halogenated alkanes) is 1. The largest absolute Gasteiger partial charge is 0.442 e. The number of nitrogens with one attached hydrogen (secondary N) is 3. The Balaban J connectivity index is 0.883. The van der Waals surface area contributed by atoms with Crippen molar-refractivity contribution in [2.45, 2.75) is 181 Å². The third-order valence-corrected chi connectivity index (χ3v) is 15.8. The zero-order valence-corrected chi connectivity index (χ0v) is 47.8. The zero-order chi connectivity index (χ0) is 57.3. The molecule has 7 amide bonds. The number of nitrogens with zero attached hydrogens (tertiary/aromatic N) is 4. The van der Waals surface area contributed by atoms with Gasteiger partial charge in [0.2, 0.25) is 35.4 Å². The van der Waals surface area contributed by atoms with Crippen molar-refractivity contribution in [3.8, 4) is 10.4 Å². The number of hydrogen-bond donors (Lipinski definition) is 5. The van der Waals surface area contributed by atoms with Gasteiger partial charge in [0.25, 0.3) is 0 Å². The minimum Gasteiger partial charge on any atom is -0.442 e. The first-order chi connectivity index (χ1) is 37.4. The van der Waals surface area contributed by atoms with Gasteiger partial charge in [-0.2, -0.15) is 4.99 Å². The van der Waals surface area contributed by atoms with Crippen molar-refractivity contribution in [3.05, 3.63) is 106 Å². The normalized spacial score (nSPS) is 19.7. The molecule has 0 spiro atoms. The number of thiazole rings is 1. The van der Waals surface area contributed by atoms with Crippen LogP contribution in [0.25, 0.3) is 10.4 Å². The maximum Gasteiger partial charge on any atom is 0.433 e. The van der Waals surface area contributed by atoms with Crippen molar-refractivity contribution >= 4 is 64.8 Å². The summed E-state index contributed by atoms with van der Waals surface area (Å²) in [6.45, 7) is 16.6. The minimum atomic E-state index is -0.931. The van der Waals surface area contributed by atoms with Crippen LogP contribution >= 0.6 is 11.3 Å². The van der Waals surface area contributed by atoms with Crippen molar-refractivity contribution in [1.82, 2.24) is 25.8 Å². The van der Waals surface area contributed by atoms with Gasteiger partial charge in [0, 0.05) is 38.4 Å². The van der Waals surface area contributed by atoms with E-state index in [0.717, 1.165) is 44.0 Å². The van der Waals surface area contributed by atoms with Crippen molar-refractivity contribution < 1.29 is 48.1 Å². The van der Waals surface area contributed by atoms with Gasteiger partial charge < -0.3 is 41.2 Å². The molecule has 79 heavy (non-hydrogen) atoms. The molecular formula is C60H78N8O10S. The number of β-amino-alcohol motifs (C(OH)–C–C–N with tert-alkyl or cyclic N) is 1. The lowest BCUT2D eigenvalue weighted by Crippen LogP contribution is -2.57. The van der Waals surface area contributed by atoms with E-state index in [0.29, 0.717) is 37.8 Å². The van der Waals surface area contributed by atoms with E-state index >= 15 is 0 Å². The maximum atomic E-state index is 14.3. The van der Waals surface area contributed by atoms with Gasteiger partial charge >= 0.3 is 6.09 Å². The summed E-state index contributed by atoms with van der Waals surface area (Å²) >= 11 is 1.57. The second-order valence-electron chi connectivity index (χ2n) is 23.3. The molecule has 4 aromatic rings. The van der Waals surface area contributed by atoms with Gasteiger partial charge in [-0.3, -0.25) is 33.7 Å². The highest BCUT2D eigenvalue weighted by atomic mass is 32.1. The van der Waals surface area contributed by atoms with E-state index < -0.39 is 77.1 Å². The fraction of sp³-hybridized carbons (Fsp3) is 0.517. The number of amides is 7. The molecule has 1 fully saturated rings. The minimum absolute atomic E-state index is 0.00149. The summed E-state index contributed by atoms with van der Waals surface area (Å²) in [6.07, 6.45) is 2.78. The molecule has 18 nitrogen and oxygen atoms in total. The highest BCUT2D eigenvalue weighted by molar-refractivity contribution is 7.13. The van der Waals surface area contributed by atoms with Gasteiger partial charge in [0.05, 0.1) is 58.6 Å². The molecule has 3 aromatic carbocycles. The number of aromatic nitrogens is 1. The summed E-state index contributed by atoms with van der Waals surface area (Å²) in [5.74, 6) is -3.10. The first-order valence-electron chi connectivity index (χ1n) is 27.4. The fourth-order valence-electron chi connectivity index (χ4n) is 10.5. The lowest BCUT2D eigenvalue weighted by atomic mass is 9.85. The molecule has 0 aliphatic carbocycles. The van der Waals surface area contributed by atoms with Crippen molar-refractivity contribution in [2.75, 3.05) is 11.4 Å². The smallest absolute Gasteiger partial charge is 0.433 e. The van der Waals surface area contributed by atoms with E-state index in [2.05, 4.69) is 25.9 Å². The third-order valence-electron chi connectivity index (χ3n) is 14.8. The molecule has 3 aliphatic rings. The average molecular weight is 1100 g/mol. The number of benzene rings is 3. The van der Waals surface area contributed by atoms with Crippen LogP contribution in [0.15, 0.2) is 77.2 Å². The summed E-state index contributed by atoms with van der Waals surface area (Å²) in [5.41, 5.74) is 13.3. The van der Waals surface area contributed by atoms with Gasteiger partial charge in [-0.15, -0.1) is 11.3 Å². The number of para-hydroxylation sites is 1. The number of nitrogens with two attached hydrogens (primary N) is 1. The summed E-state index contributed by atoms with van der Waals surface area (Å²) in [4.78, 5) is 107. The van der Waals surface area contributed by atoms with E-state index in [-0.39, 0.29) is 69.0 Å². The van der Waals surface area contributed by atoms with Crippen molar-refractivity contribution in [2.24, 2.45) is 22.1 Å². The number of carbonyl (C=O) groups excluding carboxylic acids is 7. The predicted octanol–water partition coefficient (Wildman–Crippen LogP) is 7.38. The molecule has 0 saturated carbocycles. The van der Waals surface area contributed by atoms with Crippen LogP contribution in [0.2, 0.25) is 0 Å². The van der Waals surface area contributed by atoms with E-state index in [4.69, 9.17) is 15.2 Å². The Hall–Kier alpha value is -6.83. The summed E-state index contributed by atoms with van der Waals surface area (Å²) in [6, 6.07) is 17.9. The molecule has 7 rings (SSSR count). The first-order valence-corrected chi connectivity index (χ1v) is 28.3. The maximum absolute atomic E-state index is 14.3. The monoisotopic (exact) mass is 1100 g/mol. The molecule has 1 aromatic heterocycles. The highest BCUT2D eigenvalue weighted by Gasteiger charge is 2.46. The Morgan fingerprint density at radius 3 is 2.23 bits per heavy atom. The van der Waals surface area contributed by atoms with Gasteiger partial charge in [-0.25, -0.2) is 9.78 Å². The van der Waals surface area contributed by atoms with Gasteiger partial charge in [-0.05, 0) is 119 Å². The average Bonchev–Trinajstić information content (AvgIpc) is 4.32. The number of hydrogen-bond acceptors (Lipinski definition) is 12. The molecule has 6 N–H and O–H groups in total. The Kier molecular flexibility index (Phi) is 19.7. The van der Waals surface area contributed by atoms with Crippen LogP contribution in [0.5, 0.6) is 0 Å². The Bertz CT molecular complexity index is 2870. The Morgan fingerprint density at radius 1 is 0.886 bits per heavy atom. The first kappa shape index (κ1) is 59.8. The van der Waals surface area contributed by atoms with Crippen molar-refractivity contribution in [3.63, 3.8) is 0 Å². The van der Waals surface area contributed by atoms with Crippen LogP contribution in [0.4, 0.5) is 10.5 Å². The van der Waals surface area contributed by atoms with Crippen LogP contribution in [-0.2, 0) is 64.1 Å². The van der Waals surface area contributed by atoms with Crippen LogP contribution in [0.3, 0.4) is 0 Å². The number of aliphatic hydroxyl groups excluding tert-OH is 1. The molecule has 424 valence electrons. The molecular weight excluding hydrogens is 1020 g/mol. The number of carbonyl (C=O) groups is 7. The standard InChI is InChI=1S/C60H78N8O10S/c1-35(40-21-24-42(25-22-40)52-36(2)63-34-79-52)64-54(72)47-30-45(69)32-67(47)57(75)53(59(4,5)6)66-50(71)16-11-10-13-38-17-19-39(20-18-38)33-77-37(3)46(27-28-49(61)70)65-55(73)48-29-43-15-12-14-41-23-26-44(56(74)68(48)51(41)43)31-62-58(76)78-60(7,8)9/h12,14-15,17-22,24-25,31,34-35,37,44-48,53,69H,10-11,13,16,23,26-30,32-33H2,1-9H3,(H2,61,70)(H,64,72)(H,65,73)(H,66,71)/t35-,37+,44?,45-,46-,47-,48-,53?/m0/s1. The molecule has 8 atom stereocenters. The van der Waals surface area contributed by atoms with Gasteiger partial charge in [-0.1, -0.05) is 87.5 Å². The Labute approximate surface area is 467 Å². The summed E-state index contributed by atoms with van der Waals surface area (Å²) in [7, 11) is 0. The van der Waals surface area contributed by atoms with Gasteiger partial charge in [0.1, 0.15) is 23.7 Å². The molecule has 1 saturated heterocycles. The SMILES string of the molecule is Cc1ncsc1-c1ccc([C@H](C)NC(=O)[C@@H]2C[C@H](O)CN2C(=O)C(NC(=O)CCCCc2ccc(CO[C@H](C)[C@H](CCC(N)=O)NC(=O)[C@@H]3Cc4cccc5c4N3C(=O)C(C=NC(=O)OC(C)(C)C)CC5)cc2)C(C)(C)C)cc1. The second-order valence-corrected chi connectivity index (χ2v) is 24.2. The number of rotatable bonds is 21. The second kappa shape index (κ2) is 26.0. The zero-order valence-electron chi connectivity index (χ0n) is 47.0. The number of anilines is 1. The molecule has 0 bridgehead atoms. The molecule has 3 aliphatic heterocycles. The van der Waals surface area contributed by atoms with Crippen LogP contribution in [-0.4, -0.2) is 111 Å². The number of ether oxygens (including phenoxy) is 2. The van der Waals surface area contributed by atoms with Gasteiger partial charge in [0.15, 0.2) is 0 Å². The molecule has 0 radical (unpaired) electrons. The van der Waals surface area contributed by atoms with E-state index in [1.807, 2.05) is 114 Å². The number of primary amides is 1. The predicted molar refractivity (Wildman–Crippen MR) is 303 cm³/mol. The lowest BCUT2D eigenvalue weighted by molar-refractivity contribution is -0.144. The van der Waals surface area contributed by atoms with E-state index in [1.165, 1.54) is 16.0 Å². The van der Waals surface area contributed by atoms with Crippen LogP contribution < -0.4 is 26.6 Å². The molecule has 2 unspecified atom stereocenters. The Morgan fingerprint density at radius 2 is 1.57 bits per heavy atom. The van der Waals surface area contributed by atoms with Crippen LogP contribution in [0, 0.1) is 18.3 Å². The number of aryl methyl sites for hydroxylation is 3. The number of likely N-dealkylation sites (tertiary alicyclic amines) is 1. The quantitative estimate of drug-likeness (QED) is 0.0407. The topological polar surface area (TPSA) is 252 Å². The highest BCUT2D eigenvalue weighted by Crippen LogP contribution is 2.40. The van der Waals surface area contributed by atoms with Crippen LogP contribution in [0.1, 0.15) is 140 Å². The molecule has 19 heteroatoms. The fourth-order valence-corrected chi connectivity index (χ4v) is 11.3. The van der Waals surface area contributed by atoms with E-state index in [9.17, 15) is 38.7 Å². The lowest BCUT2D eigenvalue weighted by Gasteiger charge is -2.35. The number of aliphatic hydroxyl groups is 1. The summed E-state index contributed by atoms with van der Waals surface area (Å²) < 4.78 is 11.6.